The molecule has 98 valence electrons. The van der Waals surface area contributed by atoms with Crippen molar-refractivity contribution in [1.82, 2.24) is 5.32 Å². The highest BCUT2D eigenvalue weighted by Gasteiger charge is 2.23. The van der Waals surface area contributed by atoms with Crippen molar-refractivity contribution in [1.29, 1.82) is 0 Å². The fourth-order valence-corrected chi connectivity index (χ4v) is 1.01. The van der Waals surface area contributed by atoms with Gasteiger partial charge in [0.1, 0.15) is 11.6 Å². The molecule has 0 bridgehead atoms. The van der Waals surface area contributed by atoms with Crippen LogP contribution in [-0.2, 0) is 19.1 Å². The highest BCUT2D eigenvalue weighted by Crippen LogP contribution is 2.06. The third-order valence-corrected chi connectivity index (χ3v) is 1.59. The summed E-state index contributed by atoms with van der Waals surface area (Å²) in [7, 11) is 0. The standard InChI is InChI=1S/C10H17NO6/c1-10(2,3)17-8(14)5-11-6(9(15)16)4-7(12)13/h6,11H,4-5H2,1-3H3,(H,12,13)(H,15,16)/t6-/m0/s1. The molecule has 1 atom stereocenters. The second-order valence-electron chi connectivity index (χ2n) is 4.46. The molecule has 0 aliphatic heterocycles. The predicted octanol–water partition coefficient (Wildman–Crippen LogP) is -0.154. The number of aliphatic carboxylic acids is 2. The van der Waals surface area contributed by atoms with Gasteiger partial charge >= 0.3 is 17.9 Å². The van der Waals surface area contributed by atoms with Crippen molar-refractivity contribution in [3.05, 3.63) is 0 Å². The lowest BCUT2D eigenvalue weighted by Gasteiger charge is -2.20. The second-order valence-corrected chi connectivity index (χ2v) is 4.46. The van der Waals surface area contributed by atoms with Gasteiger partial charge in [-0.25, -0.2) is 0 Å². The molecule has 7 nitrogen and oxygen atoms in total. The molecule has 0 spiro atoms. The van der Waals surface area contributed by atoms with Gasteiger partial charge in [-0.05, 0) is 20.8 Å². The van der Waals surface area contributed by atoms with Crippen LogP contribution in [0.15, 0.2) is 0 Å². The number of ether oxygens (including phenoxy) is 1. The average Bonchev–Trinajstić information content (AvgIpc) is 2.08. The first-order valence-electron chi connectivity index (χ1n) is 5.01. The van der Waals surface area contributed by atoms with Crippen molar-refractivity contribution in [2.24, 2.45) is 0 Å². The first-order chi connectivity index (χ1) is 7.61. The minimum atomic E-state index is -1.32. The maximum atomic E-state index is 11.2. The van der Waals surface area contributed by atoms with Gasteiger partial charge in [0.05, 0.1) is 13.0 Å². The van der Waals surface area contributed by atoms with E-state index in [1.807, 2.05) is 0 Å². The topological polar surface area (TPSA) is 113 Å². The molecule has 3 N–H and O–H groups in total. The molecule has 0 aromatic rings. The summed E-state index contributed by atoms with van der Waals surface area (Å²) in [4.78, 5) is 32.3. The van der Waals surface area contributed by atoms with E-state index >= 15 is 0 Å². The molecule has 0 aromatic heterocycles. The number of carbonyl (C=O) groups is 3. The van der Waals surface area contributed by atoms with E-state index in [0.29, 0.717) is 0 Å². The van der Waals surface area contributed by atoms with Gasteiger partial charge < -0.3 is 14.9 Å². The minimum absolute atomic E-state index is 0.346. The van der Waals surface area contributed by atoms with E-state index < -0.39 is 36.0 Å². The predicted molar refractivity (Wildman–Crippen MR) is 57.5 cm³/mol. The van der Waals surface area contributed by atoms with Crippen molar-refractivity contribution in [2.45, 2.75) is 38.8 Å². The third kappa shape index (κ3) is 8.21. The zero-order valence-corrected chi connectivity index (χ0v) is 10.0. The Bertz CT molecular complexity index is 306. The van der Waals surface area contributed by atoms with E-state index in [9.17, 15) is 14.4 Å². The lowest BCUT2D eigenvalue weighted by Crippen LogP contribution is -2.42. The second kappa shape index (κ2) is 6.19. The van der Waals surface area contributed by atoms with Crippen molar-refractivity contribution >= 4 is 17.9 Å². The van der Waals surface area contributed by atoms with Crippen LogP contribution in [0.3, 0.4) is 0 Å². The van der Waals surface area contributed by atoms with Gasteiger partial charge in [-0.3, -0.25) is 19.7 Å². The first-order valence-corrected chi connectivity index (χ1v) is 5.01. The van der Waals surface area contributed by atoms with Crippen LogP contribution in [-0.4, -0.2) is 46.3 Å². The fourth-order valence-electron chi connectivity index (χ4n) is 1.01. The number of carbonyl (C=O) groups excluding carboxylic acids is 1. The van der Waals surface area contributed by atoms with Crippen LogP contribution in [0, 0.1) is 0 Å². The largest absolute Gasteiger partial charge is 0.481 e. The van der Waals surface area contributed by atoms with Crippen LogP contribution in [0.5, 0.6) is 0 Å². The van der Waals surface area contributed by atoms with Crippen LogP contribution in [0.1, 0.15) is 27.2 Å². The van der Waals surface area contributed by atoms with Gasteiger partial charge in [-0.1, -0.05) is 0 Å². The van der Waals surface area contributed by atoms with E-state index in [-0.39, 0.29) is 6.54 Å². The summed E-state index contributed by atoms with van der Waals surface area (Å²) in [5.74, 6) is -3.21. The van der Waals surface area contributed by atoms with Crippen LogP contribution >= 0.6 is 0 Å². The number of esters is 1. The van der Waals surface area contributed by atoms with Crippen molar-refractivity contribution in [3.63, 3.8) is 0 Å². The van der Waals surface area contributed by atoms with Gasteiger partial charge in [-0.2, -0.15) is 0 Å². The Morgan fingerprint density at radius 2 is 1.76 bits per heavy atom. The average molecular weight is 247 g/mol. The molecule has 0 radical (unpaired) electrons. The van der Waals surface area contributed by atoms with Crippen molar-refractivity contribution in [2.75, 3.05) is 6.54 Å². The van der Waals surface area contributed by atoms with E-state index in [4.69, 9.17) is 14.9 Å². The highest BCUT2D eigenvalue weighted by molar-refractivity contribution is 5.81. The Labute approximate surface area is 98.8 Å². The van der Waals surface area contributed by atoms with Crippen LogP contribution in [0.2, 0.25) is 0 Å². The summed E-state index contributed by atoms with van der Waals surface area (Å²) in [5.41, 5.74) is -0.662. The molecule has 0 aromatic carbocycles. The summed E-state index contributed by atoms with van der Waals surface area (Å²) in [6.07, 6.45) is -0.599. The Hall–Kier alpha value is -1.63. The molecule has 0 unspecified atom stereocenters. The lowest BCUT2D eigenvalue weighted by atomic mass is 10.2. The smallest absolute Gasteiger partial charge is 0.321 e. The van der Waals surface area contributed by atoms with Gasteiger partial charge in [0.25, 0.3) is 0 Å². The van der Waals surface area contributed by atoms with Crippen molar-refractivity contribution < 1.29 is 29.3 Å². The van der Waals surface area contributed by atoms with Crippen LogP contribution in [0.4, 0.5) is 0 Å². The molecule has 0 fully saturated rings. The Kier molecular flexibility index (Phi) is 5.60. The molecular weight excluding hydrogens is 230 g/mol. The number of nitrogens with one attached hydrogen (secondary N) is 1. The zero-order chi connectivity index (χ0) is 13.6. The minimum Gasteiger partial charge on any atom is -0.481 e. The fraction of sp³-hybridized carbons (Fsp3) is 0.700. The first kappa shape index (κ1) is 15.4. The number of rotatable bonds is 6. The summed E-state index contributed by atoms with van der Waals surface area (Å²) in [6.45, 7) is 4.69. The lowest BCUT2D eigenvalue weighted by molar-refractivity contribution is -0.154. The molecule has 0 saturated carbocycles. The molecule has 17 heavy (non-hydrogen) atoms. The number of carboxylic acid groups (broad SMARTS) is 2. The van der Waals surface area contributed by atoms with Gasteiger partial charge in [0.15, 0.2) is 0 Å². The summed E-state index contributed by atoms with van der Waals surface area (Å²) in [5, 5.41) is 19.5. The molecule has 7 heteroatoms. The van der Waals surface area contributed by atoms with Gasteiger partial charge in [-0.15, -0.1) is 0 Å². The monoisotopic (exact) mass is 247 g/mol. The molecule has 0 rings (SSSR count). The maximum absolute atomic E-state index is 11.2. The Morgan fingerprint density at radius 3 is 2.12 bits per heavy atom. The van der Waals surface area contributed by atoms with E-state index in [0.717, 1.165) is 0 Å². The van der Waals surface area contributed by atoms with Crippen LogP contribution < -0.4 is 5.32 Å². The van der Waals surface area contributed by atoms with Gasteiger partial charge in [0.2, 0.25) is 0 Å². The molecule has 0 amide bonds. The molecule has 0 heterocycles. The molecular formula is C10H17NO6. The molecule has 0 aliphatic rings. The van der Waals surface area contributed by atoms with Crippen molar-refractivity contribution in [3.8, 4) is 0 Å². The number of hydrogen-bond donors (Lipinski definition) is 3. The zero-order valence-electron chi connectivity index (χ0n) is 10.0. The van der Waals surface area contributed by atoms with Gasteiger partial charge in [0, 0.05) is 0 Å². The summed E-state index contributed by atoms with van der Waals surface area (Å²) >= 11 is 0. The van der Waals surface area contributed by atoms with Crippen LogP contribution in [0.25, 0.3) is 0 Å². The maximum Gasteiger partial charge on any atom is 0.321 e. The molecule has 0 aliphatic carbocycles. The highest BCUT2D eigenvalue weighted by atomic mass is 16.6. The third-order valence-electron chi connectivity index (χ3n) is 1.59. The SMILES string of the molecule is CC(C)(C)OC(=O)CN[C@@H](CC(=O)O)C(=O)O. The summed E-state index contributed by atoms with van der Waals surface area (Å²) in [6, 6.07) is -1.31. The number of hydrogen-bond acceptors (Lipinski definition) is 5. The normalized spacial score (nSPS) is 12.9. The Balaban J connectivity index is 4.18. The van der Waals surface area contributed by atoms with E-state index in [2.05, 4.69) is 5.32 Å². The molecule has 0 saturated heterocycles. The Morgan fingerprint density at radius 1 is 1.24 bits per heavy atom. The van der Waals surface area contributed by atoms with E-state index in [1.54, 1.807) is 20.8 Å². The number of carboxylic acids is 2. The quantitative estimate of drug-likeness (QED) is 0.559. The van der Waals surface area contributed by atoms with E-state index in [1.165, 1.54) is 0 Å². The summed E-state index contributed by atoms with van der Waals surface area (Å²) < 4.78 is 4.93.